The summed E-state index contributed by atoms with van der Waals surface area (Å²) in [5.74, 6) is 1.51. The molecule has 1 amide bonds. The van der Waals surface area contributed by atoms with Gasteiger partial charge in [-0.05, 0) is 41.8 Å². The minimum absolute atomic E-state index is 0.0256. The Kier molecular flexibility index (Phi) is 7.43. The number of carbonyl (C=O) groups is 1. The van der Waals surface area contributed by atoms with Crippen molar-refractivity contribution in [3.05, 3.63) is 70.5 Å². The summed E-state index contributed by atoms with van der Waals surface area (Å²) in [5.41, 5.74) is 2.15. The van der Waals surface area contributed by atoms with Crippen LogP contribution in [0.1, 0.15) is 17.5 Å². The van der Waals surface area contributed by atoms with Crippen molar-refractivity contribution in [1.29, 1.82) is 0 Å². The summed E-state index contributed by atoms with van der Waals surface area (Å²) >= 11 is 7.69. The van der Waals surface area contributed by atoms with Crippen molar-refractivity contribution in [2.45, 2.75) is 18.6 Å². The molecule has 1 N–H and O–H groups in total. The summed E-state index contributed by atoms with van der Waals surface area (Å²) in [6.45, 7) is 0.646. The van der Waals surface area contributed by atoms with E-state index >= 15 is 0 Å². The third-order valence-corrected chi connectivity index (χ3v) is 4.55. The van der Waals surface area contributed by atoms with E-state index in [0.717, 1.165) is 22.1 Å². The maximum Gasteiger partial charge on any atom is 0.220 e. The molecule has 122 valence electrons. The smallest absolute Gasteiger partial charge is 0.220 e. The normalized spacial score (nSPS) is 10.5. The number of hydrogen-bond donors (Lipinski definition) is 1. The van der Waals surface area contributed by atoms with Gasteiger partial charge in [0, 0.05) is 29.5 Å². The van der Waals surface area contributed by atoms with E-state index in [-0.39, 0.29) is 11.7 Å². The molecule has 2 aromatic rings. The van der Waals surface area contributed by atoms with Crippen LogP contribution in [-0.4, -0.2) is 18.2 Å². The van der Waals surface area contributed by atoms with Gasteiger partial charge < -0.3 is 5.32 Å². The van der Waals surface area contributed by atoms with E-state index < -0.39 is 0 Å². The number of nitrogens with one attached hydrogen (secondary N) is 1. The first-order valence-electron chi connectivity index (χ1n) is 7.47. The van der Waals surface area contributed by atoms with Gasteiger partial charge in [0.25, 0.3) is 0 Å². The van der Waals surface area contributed by atoms with Crippen LogP contribution in [0.5, 0.6) is 0 Å². The molecule has 0 aliphatic rings. The van der Waals surface area contributed by atoms with Crippen molar-refractivity contribution in [1.82, 2.24) is 5.32 Å². The molecule has 0 unspecified atom stereocenters. The highest BCUT2D eigenvalue weighted by molar-refractivity contribution is 7.98. The highest BCUT2D eigenvalue weighted by atomic mass is 35.5. The van der Waals surface area contributed by atoms with E-state index in [0.29, 0.717) is 19.4 Å². The molecule has 5 heteroatoms. The Balaban J connectivity index is 1.57. The summed E-state index contributed by atoms with van der Waals surface area (Å²) in [6, 6.07) is 14.1. The average Bonchev–Trinajstić information content (AvgIpc) is 2.54. The summed E-state index contributed by atoms with van der Waals surface area (Å²) < 4.78 is 12.8. The molecule has 0 aliphatic heterocycles. The molecule has 0 aromatic heterocycles. The monoisotopic (exact) mass is 351 g/mol. The summed E-state index contributed by atoms with van der Waals surface area (Å²) in [6.07, 6.45) is 1.05. The van der Waals surface area contributed by atoms with Crippen LogP contribution in [0.15, 0.2) is 48.5 Å². The first-order chi connectivity index (χ1) is 11.1. The summed E-state index contributed by atoms with van der Waals surface area (Å²) in [5, 5.41) is 3.65. The minimum atomic E-state index is -0.255. The molecule has 0 spiro atoms. The van der Waals surface area contributed by atoms with Gasteiger partial charge in [-0.1, -0.05) is 35.9 Å². The highest BCUT2D eigenvalue weighted by Gasteiger charge is 2.02. The molecule has 2 nitrogen and oxygen atoms in total. The fraction of sp³-hybridized carbons (Fsp3) is 0.278. The van der Waals surface area contributed by atoms with Crippen LogP contribution >= 0.6 is 23.4 Å². The molecule has 0 bridgehead atoms. The number of aryl methyl sites for hydroxylation is 1. The molecule has 2 aromatic carbocycles. The number of amides is 1. The zero-order valence-electron chi connectivity index (χ0n) is 12.7. The quantitative estimate of drug-likeness (QED) is 0.711. The zero-order chi connectivity index (χ0) is 16.5. The lowest BCUT2D eigenvalue weighted by Gasteiger charge is -2.06. The van der Waals surface area contributed by atoms with Crippen LogP contribution in [0.3, 0.4) is 0 Å². The largest absolute Gasteiger partial charge is 0.355 e. The van der Waals surface area contributed by atoms with E-state index in [4.69, 9.17) is 11.6 Å². The Morgan fingerprint density at radius 1 is 1.13 bits per heavy atom. The van der Waals surface area contributed by atoms with Crippen LogP contribution in [0.25, 0.3) is 0 Å². The first-order valence-corrected chi connectivity index (χ1v) is 9.00. The third kappa shape index (κ3) is 7.06. The van der Waals surface area contributed by atoms with E-state index in [2.05, 4.69) is 5.32 Å². The number of carbonyl (C=O) groups excluding carboxylic acids is 1. The predicted octanol–water partition coefficient (Wildman–Crippen LogP) is 4.46. The van der Waals surface area contributed by atoms with Crippen LogP contribution < -0.4 is 5.32 Å². The lowest BCUT2D eigenvalue weighted by Crippen LogP contribution is -2.25. The van der Waals surface area contributed by atoms with Gasteiger partial charge in [-0.2, -0.15) is 11.8 Å². The average molecular weight is 352 g/mol. The topological polar surface area (TPSA) is 29.1 Å². The van der Waals surface area contributed by atoms with Gasteiger partial charge in [-0.15, -0.1) is 0 Å². The van der Waals surface area contributed by atoms with Gasteiger partial charge in [0.05, 0.1) is 0 Å². The van der Waals surface area contributed by atoms with E-state index in [1.165, 1.54) is 17.7 Å². The van der Waals surface area contributed by atoms with Gasteiger partial charge in [-0.25, -0.2) is 4.39 Å². The van der Waals surface area contributed by atoms with Gasteiger partial charge >= 0.3 is 0 Å². The molecule has 0 heterocycles. The number of halogens is 2. The van der Waals surface area contributed by atoms with Crippen LogP contribution in [0.2, 0.25) is 5.02 Å². The van der Waals surface area contributed by atoms with Crippen molar-refractivity contribution >= 4 is 29.3 Å². The van der Waals surface area contributed by atoms with Gasteiger partial charge in [0.15, 0.2) is 0 Å². The van der Waals surface area contributed by atoms with Crippen molar-refractivity contribution in [3.63, 3.8) is 0 Å². The van der Waals surface area contributed by atoms with Crippen molar-refractivity contribution in [3.8, 4) is 0 Å². The number of thioether (sulfide) groups is 1. The van der Waals surface area contributed by atoms with E-state index in [9.17, 15) is 9.18 Å². The Bertz CT molecular complexity index is 633. The number of rotatable bonds is 8. The summed E-state index contributed by atoms with van der Waals surface area (Å²) in [4.78, 5) is 11.7. The minimum Gasteiger partial charge on any atom is -0.355 e. The molecule has 0 saturated heterocycles. The highest BCUT2D eigenvalue weighted by Crippen LogP contribution is 2.16. The molecule has 23 heavy (non-hydrogen) atoms. The van der Waals surface area contributed by atoms with E-state index in [1.807, 2.05) is 24.3 Å². The Labute approximate surface area is 145 Å². The first kappa shape index (κ1) is 17.8. The standard InChI is InChI=1S/C18H19ClFNOS/c19-16-3-1-2-15(12-16)13-23-11-10-21-18(22)9-6-14-4-7-17(20)8-5-14/h1-5,7-8,12H,6,9-11,13H2,(H,21,22). The Hall–Kier alpha value is -1.52. The van der Waals surface area contributed by atoms with Crippen molar-refractivity contribution < 1.29 is 9.18 Å². The fourth-order valence-corrected chi connectivity index (χ4v) is 3.10. The SMILES string of the molecule is O=C(CCc1ccc(F)cc1)NCCSCc1cccc(Cl)c1. The lowest BCUT2D eigenvalue weighted by molar-refractivity contribution is -0.120. The summed E-state index contributed by atoms with van der Waals surface area (Å²) in [7, 11) is 0. The third-order valence-electron chi connectivity index (χ3n) is 3.28. The van der Waals surface area contributed by atoms with Gasteiger partial charge in [-0.3, -0.25) is 4.79 Å². The number of hydrogen-bond acceptors (Lipinski definition) is 2. The zero-order valence-corrected chi connectivity index (χ0v) is 14.3. The van der Waals surface area contributed by atoms with E-state index in [1.54, 1.807) is 23.9 Å². The van der Waals surface area contributed by atoms with Crippen LogP contribution in [0.4, 0.5) is 4.39 Å². The van der Waals surface area contributed by atoms with Crippen LogP contribution in [-0.2, 0) is 17.0 Å². The maximum atomic E-state index is 12.8. The second-order valence-electron chi connectivity index (χ2n) is 5.16. The van der Waals surface area contributed by atoms with Crippen LogP contribution in [0, 0.1) is 5.82 Å². The molecular formula is C18H19ClFNOS. The maximum absolute atomic E-state index is 12.8. The Morgan fingerprint density at radius 3 is 2.65 bits per heavy atom. The second kappa shape index (κ2) is 9.58. The molecule has 0 fully saturated rings. The Morgan fingerprint density at radius 2 is 1.91 bits per heavy atom. The molecule has 0 radical (unpaired) electrons. The van der Waals surface area contributed by atoms with Crippen molar-refractivity contribution in [2.24, 2.45) is 0 Å². The van der Waals surface area contributed by atoms with Crippen molar-refractivity contribution in [2.75, 3.05) is 12.3 Å². The molecular weight excluding hydrogens is 333 g/mol. The fourth-order valence-electron chi connectivity index (χ4n) is 2.08. The molecule has 0 saturated carbocycles. The van der Waals surface area contributed by atoms with Gasteiger partial charge in [0.2, 0.25) is 5.91 Å². The van der Waals surface area contributed by atoms with Gasteiger partial charge in [0.1, 0.15) is 5.82 Å². The molecule has 2 rings (SSSR count). The predicted molar refractivity (Wildman–Crippen MR) is 95.3 cm³/mol. The molecule has 0 aliphatic carbocycles. The second-order valence-corrected chi connectivity index (χ2v) is 6.70. The number of benzene rings is 2. The molecule has 0 atom stereocenters. The lowest BCUT2D eigenvalue weighted by atomic mass is 10.1.